The number of hydrogen-bond donors (Lipinski definition) is 4. The number of hydrogen-bond acceptors (Lipinski definition) is 5. The van der Waals surface area contributed by atoms with Gasteiger partial charge < -0.3 is 20.4 Å². The summed E-state index contributed by atoms with van der Waals surface area (Å²) in [6.07, 6.45) is 2.37. The number of carboxylic acid groups (broad SMARTS) is 2. The lowest BCUT2D eigenvalue weighted by Gasteiger charge is -2.07. The molecule has 0 saturated heterocycles. The minimum absolute atomic E-state index is 0.0497. The zero-order valence-corrected chi connectivity index (χ0v) is 12.8. The number of carbonyl (C=O) groups is 3. The molecule has 0 aliphatic heterocycles. The van der Waals surface area contributed by atoms with Gasteiger partial charge in [-0.15, -0.1) is 0 Å². The Morgan fingerprint density at radius 2 is 1.83 bits per heavy atom. The molecule has 1 aliphatic carbocycles. The van der Waals surface area contributed by atoms with Crippen LogP contribution < -0.4 is 0 Å². The van der Waals surface area contributed by atoms with Gasteiger partial charge in [0.05, 0.1) is 12.2 Å². The van der Waals surface area contributed by atoms with E-state index in [9.17, 15) is 24.6 Å². The topological polar surface area (TPSA) is 132 Å². The van der Waals surface area contributed by atoms with Crippen LogP contribution in [0.15, 0.2) is 23.3 Å². The van der Waals surface area contributed by atoms with Gasteiger partial charge in [0.1, 0.15) is 0 Å². The Kier molecular flexibility index (Phi) is 7.64. The highest BCUT2D eigenvalue weighted by Crippen LogP contribution is 2.28. The first-order valence-electron chi connectivity index (χ1n) is 7.55. The van der Waals surface area contributed by atoms with Gasteiger partial charge in [-0.25, -0.2) is 0 Å². The molecule has 0 bridgehead atoms. The maximum absolute atomic E-state index is 11.8. The van der Waals surface area contributed by atoms with Crippen molar-refractivity contribution in [1.82, 2.24) is 0 Å². The summed E-state index contributed by atoms with van der Waals surface area (Å²) < 4.78 is 0. The highest BCUT2D eigenvalue weighted by molar-refractivity contribution is 6.00. The number of aliphatic carboxylic acids is 2. The Labute approximate surface area is 133 Å². The third kappa shape index (κ3) is 6.75. The van der Waals surface area contributed by atoms with Gasteiger partial charge in [0, 0.05) is 24.8 Å². The molecule has 0 saturated carbocycles. The summed E-state index contributed by atoms with van der Waals surface area (Å²) in [4.78, 5) is 32.8. The van der Waals surface area contributed by atoms with Crippen molar-refractivity contribution in [3.05, 3.63) is 23.3 Å². The molecule has 1 rings (SSSR count). The monoisotopic (exact) mass is 326 g/mol. The molecule has 0 aromatic heterocycles. The van der Waals surface area contributed by atoms with Crippen LogP contribution in [0.1, 0.15) is 44.9 Å². The second kappa shape index (κ2) is 9.22. The van der Waals surface area contributed by atoms with E-state index in [2.05, 4.69) is 0 Å². The van der Waals surface area contributed by atoms with Crippen LogP contribution in [-0.2, 0) is 14.4 Å². The summed E-state index contributed by atoms with van der Waals surface area (Å²) in [5, 5.41) is 36.9. The Balaban J connectivity index is 2.60. The molecule has 0 aromatic carbocycles. The molecule has 7 heteroatoms. The summed E-state index contributed by atoms with van der Waals surface area (Å²) in [7, 11) is 0. The van der Waals surface area contributed by atoms with E-state index in [0.29, 0.717) is 30.4 Å². The van der Waals surface area contributed by atoms with Crippen LogP contribution in [0.4, 0.5) is 0 Å². The van der Waals surface area contributed by atoms with Crippen molar-refractivity contribution in [3.8, 4) is 0 Å². The Morgan fingerprint density at radius 3 is 2.43 bits per heavy atom. The quantitative estimate of drug-likeness (QED) is 0.441. The summed E-state index contributed by atoms with van der Waals surface area (Å²) in [5.41, 5.74) is 0.662. The minimum atomic E-state index is -1.02. The van der Waals surface area contributed by atoms with Gasteiger partial charge in [0.15, 0.2) is 5.78 Å². The number of rotatable bonds is 10. The van der Waals surface area contributed by atoms with E-state index in [1.54, 1.807) is 0 Å². The number of carbonyl (C=O) groups excluding carboxylic acids is 1. The van der Waals surface area contributed by atoms with Gasteiger partial charge in [0.25, 0.3) is 0 Å². The van der Waals surface area contributed by atoms with E-state index >= 15 is 0 Å². The first kappa shape index (κ1) is 19.1. The number of allylic oxidation sites excluding steroid dienone is 1. The first-order chi connectivity index (χ1) is 10.8. The lowest BCUT2D eigenvalue weighted by atomic mass is 10.0. The zero-order valence-electron chi connectivity index (χ0n) is 12.8. The van der Waals surface area contributed by atoms with Gasteiger partial charge in [-0.1, -0.05) is 12.2 Å². The number of aliphatic hydroxyl groups excluding tert-OH is 2. The number of ketones is 1. The largest absolute Gasteiger partial charge is 0.481 e. The van der Waals surface area contributed by atoms with Crippen molar-refractivity contribution < 1.29 is 34.8 Å². The molecular weight excluding hydrogens is 304 g/mol. The van der Waals surface area contributed by atoms with Crippen molar-refractivity contribution in [1.29, 1.82) is 0 Å². The van der Waals surface area contributed by atoms with Gasteiger partial charge in [0.2, 0.25) is 0 Å². The van der Waals surface area contributed by atoms with E-state index in [1.807, 2.05) is 0 Å². The van der Waals surface area contributed by atoms with E-state index < -0.39 is 24.1 Å². The van der Waals surface area contributed by atoms with Crippen LogP contribution in [0.3, 0.4) is 0 Å². The molecule has 0 aromatic rings. The molecule has 2 unspecified atom stereocenters. The Hall–Kier alpha value is -1.99. The third-order valence-corrected chi connectivity index (χ3v) is 3.65. The normalized spacial score (nSPS) is 19.6. The van der Waals surface area contributed by atoms with E-state index in [-0.39, 0.29) is 31.5 Å². The molecule has 128 valence electrons. The number of unbranched alkanes of at least 4 members (excludes halogenated alkanes) is 1. The van der Waals surface area contributed by atoms with Crippen molar-refractivity contribution in [2.75, 3.05) is 0 Å². The van der Waals surface area contributed by atoms with Crippen LogP contribution in [-0.4, -0.2) is 50.4 Å². The highest BCUT2D eigenvalue weighted by Gasteiger charge is 2.29. The van der Waals surface area contributed by atoms with Crippen LogP contribution in [0.25, 0.3) is 0 Å². The molecule has 4 N–H and O–H groups in total. The van der Waals surface area contributed by atoms with Gasteiger partial charge >= 0.3 is 11.9 Å². The van der Waals surface area contributed by atoms with Gasteiger partial charge in [-0.3, -0.25) is 14.4 Å². The Bertz CT molecular complexity index is 519. The van der Waals surface area contributed by atoms with Crippen LogP contribution in [0.5, 0.6) is 0 Å². The first-order valence-corrected chi connectivity index (χ1v) is 7.55. The minimum Gasteiger partial charge on any atom is -0.481 e. The third-order valence-electron chi connectivity index (χ3n) is 3.65. The van der Waals surface area contributed by atoms with E-state index in [0.717, 1.165) is 0 Å². The molecule has 7 nitrogen and oxygen atoms in total. The zero-order chi connectivity index (χ0) is 17.4. The lowest BCUT2D eigenvalue weighted by molar-refractivity contribution is -0.138. The van der Waals surface area contributed by atoms with Crippen LogP contribution >= 0.6 is 0 Å². The average molecular weight is 326 g/mol. The highest BCUT2D eigenvalue weighted by atomic mass is 16.4. The van der Waals surface area contributed by atoms with Crippen molar-refractivity contribution in [3.63, 3.8) is 0 Å². The van der Waals surface area contributed by atoms with Gasteiger partial charge in [-0.05, 0) is 31.3 Å². The molecular formula is C16H22O7. The van der Waals surface area contributed by atoms with Gasteiger partial charge in [-0.2, -0.15) is 0 Å². The molecule has 0 radical (unpaired) electrons. The maximum Gasteiger partial charge on any atom is 0.303 e. The molecule has 23 heavy (non-hydrogen) atoms. The number of carboxylic acids is 2. The van der Waals surface area contributed by atoms with Crippen LogP contribution in [0, 0.1) is 0 Å². The second-order valence-corrected chi connectivity index (χ2v) is 5.54. The smallest absolute Gasteiger partial charge is 0.303 e. The molecule has 1 aliphatic rings. The molecule has 0 heterocycles. The maximum atomic E-state index is 11.8. The number of Topliss-reactive ketones (excluding diaryl/α,β-unsaturated/α-hetero) is 1. The molecule has 0 fully saturated rings. The number of aliphatic hydroxyl groups is 2. The van der Waals surface area contributed by atoms with Crippen molar-refractivity contribution in [2.24, 2.45) is 0 Å². The summed E-state index contributed by atoms with van der Waals surface area (Å²) in [5.74, 6) is -2.17. The summed E-state index contributed by atoms with van der Waals surface area (Å²) in [6.45, 7) is 0. The fraction of sp³-hybridized carbons (Fsp3) is 0.562. The van der Waals surface area contributed by atoms with Crippen molar-refractivity contribution >= 4 is 17.7 Å². The molecule has 2 atom stereocenters. The van der Waals surface area contributed by atoms with Crippen LogP contribution in [0.2, 0.25) is 0 Å². The predicted octanol–water partition coefficient (Wildman–Crippen LogP) is 1.04. The Morgan fingerprint density at radius 1 is 1.17 bits per heavy atom. The summed E-state index contributed by atoms with van der Waals surface area (Å²) in [6, 6.07) is 0. The van der Waals surface area contributed by atoms with E-state index in [1.165, 1.54) is 12.2 Å². The van der Waals surface area contributed by atoms with Crippen molar-refractivity contribution in [2.45, 2.75) is 57.2 Å². The van der Waals surface area contributed by atoms with E-state index in [4.69, 9.17) is 10.2 Å². The molecule has 0 spiro atoms. The summed E-state index contributed by atoms with van der Waals surface area (Å²) >= 11 is 0. The SMILES string of the molecule is O=C(O)CCCCC(O)/C=C/C1=C(CCC(=O)O)C(=O)CC1O. The average Bonchev–Trinajstić information content (AvgIpc) is 2.72. The predicted molar refractivity (Wildman–Crippen MR) is 80.8 cm³/mol. The second-order valence-electron chi connectivity index (χ2n) is 5.54. The molecule has 0 amide bonds. The standard InChI is InChI=1S/C16H22O7/c17-10(3-1-2-4-15(20)21)5-6-11-12(7-8-16(22)23)14(19)9-13(11)18/h5-6,10,13,17-18H,1-4,7-9H2,(H,20,21)(H,22,23)/b6-5+. The lowest BCUT2D eigenvalue weighted by Crippen LogP contribution is -2.06. The fourth-order valence-electron chi connectivity index (χ4n) is 2.44. The fourth-order valence-corrected chi connectivity index (χ4v) is 2.44.